The summed E-state index contributed by atoms with van der Waals surface area (Å²) in [7, 11) is 2.00. The summed E-state index contributed by atoms with van der Waals surface area (Å²) < 4.78 is 0. The SMILES string of the molecule is CC1CCCCC1N(C)CC(=O)c1ccc([N+](=O)[O-])cc1. The summed E-state index contributed by atoms with van der Waals surface area (Å²) >= 11 is 0. The van der Waals surface area contributed by atoms with E-state index in [4.69, 9.17) is 0 Å². The zero-order valence-electron chi connectivity index (χ0n) is 12.6. The molecule has 0 bridgehead atoms. The summed E-state index contributed by atoms with van der Waals surface area (Å²) in [5.74, 6) is 0.638. The third kappa shape index (κ3) is 3.88. The highest BCUT2D eigenvalue weighted by Crippen LogP contribution is 2.27. The molecule has 1 saturated carbocycles. The largest absolute Gasteiger partial charge is 0.296 e. The van der Waals surface area contributed by atoms with Crippen molar-refractivity contribution >= 4 is 11.5 Å². The number of benzene rings is 1. The number of nitrogens with zero attached hydrogens (tertiary/aromatic N) is 2. The van der Waals surface area contributed by atoms with Gasteiger partial charge >= 0.3 is 0 Å². The van der Waals surface area contributed by atoms with Gasteiger partial charge in [-0.1, -0.05) is 19.8 Å². The van der Waals surface area contributed by atoms with Crippen molar-refractivity contribution in [3.63, 3.8) is 0 Å². The minimum absolute atomic E-state index is 0.0146. The Bertz CT molecular complexity index is 513. The third-order valence-electron chi connectivity index (χ3n) is 4.43. The molecule has 1 aliphatic carbocycles. The van der Waals surface area contributed by atoms with E-state index in [0.717, 1.165) is 6.42 Å². The fraction of sp³-hybridized carbons (Fsp3) is 0.562. The smallest absolute Gasteiger partial charge is 0.269 e. The molecule has 2 rings (SSSR count). The molecule has 0 radical (unpaired) electrons. The van der Waals surface area contributed by atoms with Crippen molar-refractivity contribution in [2.75, 3.05) is 13.6 Å². The van der Waals surface area contributed by atoms with E-state index < -0.39 is 4.92 Å². The maximum atomic E-state index is 12.3. The Hall–Kier alpha value is -1.75. The molecule has 0 aliphatic heterocycles. The van der Waals surface area contributed by atoms with Crippen LogP contribution in [0.2, 0.25) is 0 Å². The molecule has 0 aromatic heterocycles. The van der Waals surface area contributed by atoms with Gasteiger partial charge in [-0.15, -0.1) is 0 Å². The normalized spacial score (nSPS) is 22.2. The quantitative estimate of drug-likeness (QED) is 0.474. The average Bonchev–Trinajstić information content (AvgIpc) is 2.47. The Morgan fingerprint density at radius 3 is 2.48 bits per heavy atom. The Kier molecular flexibility index (Phi) is 5.07. The number of carbonyl (C=O) groups is 1. The van der Waals surface area contributed by atoms with Crippen molar-refractivity contribution < 1.29 is 9.72 Å². The van der Waals surface area contributed by atoms with Gasteiger partial charge in [0.05, 0.1) is 11.5 Å². The third-order valence-corrected chi connectivity index (χ3v) is 4.43. The van der Waals surface area contributed by atoms with E-state index in [1.807, 2.05) is 7.05 Å². The number of nitro groups is 1. The monoisotopic (exact) mass is 290 g/mol. The van der Waals surface area contributed by atoms with Gasteiger partial charge in [0.15, 0.2) is 5.78 Å². The number of rotatable bonds is 5. The molecule has 0 N–H and O–H groups in total. The second-order valence-electron chi connectivity index (χ2n) is 5.97. The molecule has 2 unspecified atom stereocenters. The first-order chi connectivity index (χ1) is 9.99. The minimum Gasteiger partial charge on any atom is -0.296 e. The molecule has 0 spiro atoms. The van der Waals surface area contributed by atoms with Crippen LogP contribution in [0.15, 0.2) is 24.3 Å². The van der Waals surface area contributed by atoms with Gasteiger partial charge in [-0.25, -0.2) is 0 Å². The van der Waals surface area contributed by atoms with E-state index in [1.165, 1.54) is 31.4 Å². The molecule has 0 amide bonds. The predicted octanol–water partition coefficient (Wildman–Crippen LogP) is 3.29. The summed E-state index contributed by atoms with van der Waals surface area (Å²) in [6.45, 7) is 2.61. The summed E-state index contributed by atoms with van der Waals surface area (Å²) in [6, 6.07) is 6.31. The van der Waals surface area contributed by atoms with Gasteiger partial charge < -0.3 is 0 Å². The number of Topliss-reactive ketones (excluding diaryl/α,β-unsaturated/α-hetero) is 1. The summed E-state index contributed by atoms with van der Waals surface area (Å²) in [4.78, 5) is 24.6. The van der Waals surface area contributed by atoms with E-state index >= 15 is 0 Å². The van der Waals surface area contributed by atoms with E-state index in [-0.39, 0.29) is 11.5 Å². The molecule has 1 fully saturated rings. The lowest BCUT2D eigenvalue weighted by Crippen LogP contribution is -2.41. The highest BCUT2D eigenvalue weighted by Gasteiger charge is 2.26. The van der Waals surface area contributed by atoms with Crippen LogP contribution in [-0.2, 0) is 0 Å². The Morgan fingerprint density at radius 1 is 1.29 bits per heavy atom. The number of hydrogen-bond donors (Lipinski definition) is 0. The van der Waals surface area contributed by atoms with Crippen LogP contribution >= 0.6 is 0 Å². The van der Waals surface area contributed by atoms with Gasteiger partial charge in [-0.05, 0) is 37.9 Å². The zero-order valence-corrected chi connectivity index (χ0v) is 12.6. The maximum Gasteiger partial charge on any atom is 0.269 e. The standard InChI is InChI=1S/C16H22N2O3/c1-12-5-3-4-6-15(12)17(2)11-16(19)13-7-9-14(10-8-13)18(20)21/h7-10,12,15H,3-6,11H2,1-2H3. The van der Waals surface area contributed by atoms with Crippen molar-refractivity contribution in [1.29, 1.82) is 0 Å². The molecule has 5 heteroatoms. The van der Waals surface area contributed by atoms with Gasteiger partial charge in [0.2, 0.25) is 0 Å². The topological polar surface area (TPSA) is 63.5 Å². The molecule has 1 aromatic rings. The lowest BCUT2D eigenvalue weighted by molar-refractivity contribution is -0.384. The molecule has 2 atom stereocenters. The van der Waals surface area contributed by atoms with Crippen LogP contribution in [0.3, 0.4) is 0 Å². The fourth-order valence-corrected chi connectivity index (χ4v) is 3.16. The van der Waals surface area contributed by atoms with E-state index in [2.05, 4.69) is 11.8 Å². The highest BCUT2D eigenvalue weighted by atomic mass is 16.6. The van der Waals surface area contributed by atoms with Gasteiger partial charge in [0, 0.05) is 23.7 Å². The second kappa shape index (κ2) is 6.80. The Labute approximate surface area is 125 Å². The summed E-state index contributed by atoms with van der Waals surface area (Å²) in [6.07, 6.45) is 4.87. The average molecular weight is 290 g/mol. The summed E-state index contributed by atoms with van der Waals surface area (Å²) in [5.41, 5.74) is 0.553. The van der Waals surface area contributed by atoms with E-state index in [1.54, 1.807) is 12.1 Å². The number of likely N-dealkylation sites (N-methyl/N-ethyl adjacent to an activating group) is 1. The number of non-ortho nitro benzene ring substituents is 1. The van der Waals surface area contributed by atoms with Crippen LogP contribution in [-0.4, -0.2) is 35.2 Å². The van der Waals surface area contributed by atoms with Crippen molar-refractivity contribution in [3.8, 4) is 0 Å². The Morgan fingerprint density at radius 2 is 1.90 bits per heavy atom. The molecule has 21 heavy (non-hydrogen) atoms. The van der Waals surface area contributed by atoms with Crippen LogP contribution in [0.25, 0.3) is 0 Å². The Balaban J connectivity index is 1.98. The van der Waals surface area contributed by atoms with E-state index in [0.29, 0.717) is 24.1 Å². The zero-order chi connectivity index (χ0) is 15.4. The molecule has 114 valence electrons. The van der Waals surface area contributed by atoms with Crippen LogP contribution in [0.4, 0.5) is 5.69 Å². The summed E-state index contributed by atoms with van der Waals surface area (Å²) in [5, 5.41) is 10.6. The molecule has 1 aromatic carbocycles. The lowest BCUT2D eigenvalue weighted by atomic mass is 9.85. The number of ketones is 1. The lowest BCUT2D eigenvalue weighted by Gasteiger charge is -2.35. The molecule has 1 aliphatic rings. The molecular formula is C16H22N2O3. The maximum absolute atomic E-state index is 12.3. The molecule has 0 saturated heterocycles. The van der Waals surface area contributed by atoms with Crippen LogP contribution < -0.4 is 0 Å². The second-order valence-corrected chi connectivity index (χ2v) is 5.97. The predicted molar refractivity (Wildman–Crippen MR) is 81.5 cm³/mol. The van der Waals surface area contributed by atoms with Gasteiger partial charge in [0.1, 0.15) is 0 Å². The van der Waals surface area contributed by atoms with Crippen molar-refractivity contribution in [2.24, 2.45) is 5.92 Å². The first-order valence-electron chi connectivity index (χ1n) is 7.47. The van der Waals surface area contributed by atoms with Gasteiger partial charge in [0.25, 0.3) is 5.69 Å². The van der Waals surface area contributed by atoms with Crippen LogP contribution in [0.5, 0.6) is 0 Å². The first-order valence-corrected chi connectivity index (χ1v) is 7.47. The fourth-order valence-electron chi connectivity index (χ4n) is 3.16. The van der Waals surface area contributed by atoms with Gasteiger partial charge in [-0.3, -0.25) is 19.8 Å². The minimum atomic E-state index is -0.454. The van der Waals surface area contributed by atoms with Crippen LogP contribution in [0, 0.1) is 16.0 Å². The molecular weight excluding hydrogens is 268 g/mol. The van der Waals surface area contributed by atoms with Crippen molar-refractivity contribution in [2.45, 2.75) is 38.6 Å². The van der Waals surface area contributed by atoms with Crippen molar-refractivity contribution in [3.05, 3.63) is 39.9 Å². The number of carbonyl (C=O) groups excluding carboxylic acids is 1. The van der Waals surface area contributed by atoms with Crippen LogP contribution in [0.1, 0.15) is 43.0 Å². The number of hydrogen-bond acceptors (Lipinski definition) is 4. The highest BCUT2D eigenvalue weighted by molar-refractivity contribution is 5.97. The van der Waals surface area contributed by atoms with Gasteiger partial charge in [-0.2, -0.15) is 0 Å². The molecule has 5 nitrogen and oxygen atoms in total. The van der Waals surface area contributed by atoms with Crippen molar-refractivity contribution in [1.82, 2.24) is 4.90 Å². The first kappa shape index (κ1) is 15.6. The number of nitro benzene ring substituents is 1. The molecule has 0 heterocycles. The van der Waals surface area contributed by atoms with E-state index in [9.17, 15) is 14.9 Å².